The zero-order chi connectivity index (χ0) is 18.2. The zero-order valence-electron chi connectivity index (χ0n) is 14.0. The molecule has 0 unspecified atom stereocenters. The fraction of sp³-hybridized carbons (Fsp3) is 0.211. The van der Waals surface area contributed by atoms with E-state index in [2.05, 4.69) is 15.5 Å². The Kier molecular flexibility index (Phi) is 6.22. The fourth-order valence-corrected chi connectivity index (χ4v) is 2.38. The lowest BCUT2D eigenvalue weighted by molar-refractivity contribution is -0.121. The van der Waals surface area contributed by atoms with Crippen molar-refractivity contribution in [1.29, 1.82) is 0 Å². The van der Waals surface area contributed by atoms with Crippen LogP contribution in [-0.2, 0) is 11.2 Å². The Morgan fingerprint density at radius 1 is 1.08 bits per heavy atom. The predicted molar refractivity (Wildman–Crippen MR) is 98.0 cm³/mol. The van der Waals surface area contributed by atoms with Crippen LogP contribution in [0, 0.1) is 0 Å². The van der Waals surface area contributed by atoms with Crippen molar-refractivity contribution in [3.63, 3.8) is 0 Å². The summed E-state index contributed by atoms with van der Waals surface area (Å²) < 4.78 is 11.1. The molecule has 0 aliphatic carbocycles. The van der Waals surface area contributed by atoms with Gasteiger partial charge in [-0.25, -0.2) is 0 Å². The first-order chi connectivity index (χ1) is 12.7. The maximum Gasteiger partial charge on any atom is 0.247 e. The summed E-state index contributed by atoms with van der Waals surface area (Å²) in [7, 11) is 0. The van der Waals surface area contributed by atoms with Crippen LogP contribution >= 0.6 is 11.6 Å². The van der Waals surface area contributed by atoms with Gasteiger partial charge in [0.05, 0.1) is 6.54 Å². The van der Waals surface area contributed by atoms with Gasteiger partial charge in [-0.05, 0) is 36.4 Å². The molecule has 26 heavy (non-hydrogen) atoms. The molecule has 3 aromatic rings. The van der Waals surface area contributed by atoms with Crippen molar-refractivity contribution < 1.29 is 13.9 Å². The normalized spacial score (nSPS) is 10.5. The molecule has 3 rings (SSSR count). The lowest BCUT2D eigenvalue weighted by Crippen LogP contribution is -2.28. The zero-order valence-corrected chi connectivity index (χ0v) is 14.8. The van der Waals surface area contributed by atoms with Crippen LogP contribution in [0.25, 0.3) is 11.5 Å². The van der Waals surface area contributed by atoms with Gasteiger partial charge in [0, 0.05) is 23.4 Å². The Labute approximate surface area is 156 Å². The molecule has 0 aliphatic rings. The fourth-order valence-electron chi connectivity index (χ4n) is 2.25. The number of nitrogens with one attached hydrogen (secondary N) is 1. The minimum Gasteiger partial charge on any atom is -0.492 e. The van der Waals surface area contributed by atoms with Gasteiger partial charge in [0.2, 0.25) is 17.7 Å². The maximum absolute atomic E-state index is 11.9. The minimum absolute atomic E-state index is 0.0934. The van der Waals surface area contributed by atoms with Crippen LogP contribution in [0.5, 0.6) is 5.75 Å². The molecule has 0 fully saturated rings. The van der Waals surface area contributed by atoms with Crippen molar-refractivity contribution in [3.05, 3.63) is 65.5 Å². The Morgan fingerprint density at radius 3 is 2.62 bits per heavy atom. The Morgan fingerprint density at radius 2 is 1.85 bits per heavy atom. The molecular formula is C19H18ClN3O3. The summed E-state index contributed by atoms with van der Waals surface area (Å²) in [6, 6.07) is 16.6. The molecule has 1 amide bonds. The first-order valence-electron chi connectivity index (χ1n) is 8.23. The summed E-state index contributed by atoms with van der Waals surface area (Å²) in [6.45, 7) is 0.798. The van der Waals surface area contributed by atoms with Crippen molar-refractivity contribution in [3.8, 4) is 17.2 Å². The molecule has 1 N–H and O–H groups in total. The molecule has 1 aromatic heterocycles. The number of aromatic nitrogens is 2. The van der Waals surface area contributed by atoms with Gasteiger partial charge >= 0.3 is 0 Å². The van der Waals surface area contributed by atoms with Crippen LogP contribution in [0.1, 0.15) is 12.3 Å². The summed E-state index contributed by atoms with van der Waals surface area (Å²) in [5.41, 5.74) is 0.857. The Balaban J connectivity index is 1.36. The number of amides is 1. The van der Waals surface area contributed by atoms with Crippen LogP contribution in [0.2, 0.25) is 5.02 Å². The molecule has 0 bridgehead atoms. The summed E-state index contributed by atoms with van der Waals surface area (Å²) in [5, 5.41) is 11.4. The quantitative estimate of drug-likeness (QED) is 0.613. The highest BCUT2D eigenvalue weighted by molar-refractivity contribution is 6.30. The molecule has 0 saturated carbocycles. The van der Waals surface area contributed by atoms with Gasteiger partial charge in [-0.3, -0.25) is 4.79 Å². The summed E-state index contributed by atoms with van der Waals surface area (Å²) in [4.78, 5) is 11.9. The number of carbonyl (C=O) groups excluding carboxylic acids is 1. The number of halogens is 1. The van der Waals surface area contributed by atoms with E-state index in [-0.39, 0.29) is 12.3 Å². The van der Waals surface area contributed by atoms with Crippen molar-refractivity contribution >= 4 is 17.5 Å². The minimum atomic E-state index is -0.0934. The van der Waals surface area contributed by atoms with Crippen LogP contribution in [-0.4, -0.2) is 29.3 Å². The average Bonchev–Trinajstić information content (AvgIpc) is 3.15. The highest BCUT2D eigenvalue weighted by Gasteiger charge is 2.10. The molecule has 0 aliphatic heterocycles. The molecule has 0 radical (unpaired) electrons. The highest BCUT2D eigenvalue weighted by Crippen LogP contribution is 2.17. The Bertz CT molecular complexity index is 835. The second kappa shape index (κ2) is 9.01. The lowest BCUT2D eigenvalue weighted by Gasteiger charge is -2.07. The van der Waals surface area contributed by atoms with E-state index in [9.17, 15) is 4.79 Å². The molecule has 2 aromatic carbocycles. The molecule has 7 heteroatoms. The molecule has 134 valence electrons. The van der Waals surface area contributed by atoms with Gasteiger partial charge < -0.3 is 14.5 Å². The first-order valence-corrected chi connectivity index (χ1v) is 8.61. The molecule has 0 spiro atoms. The second-order valence-electron chi connectivity index (χ2n) is 5.52. The van der Waals surface area contributed by atoms with E-state index in [1.807, 2.05) is 30.3 Å². The van der Waals surface area contributed by atoms with E-state index in [1.54, 1.807) is 24.3 Å². The predicted octanol–water partition coefficient (Wildman–Crippen LogP) is 3.52. The topological polar surface area (TPSA) is 77.2 Å². The van der Waals surface area contributed by atoms with E-state index < -0.39 is 0 Å². The molecule has 0 atom stereocenters. The van der Waals surface area contributed by atoms with Gasteiger partial charge in [0.1, 0.15) is 12.4 Å². The van der Waals surface area contributed by atoms with Crippen molar-refractivity contribution in [1.82, 2.24) is 15.5 Å². The lowest BCUT2D eigenvalue weighted by atomic mass is 10.2. The third-order valence-corrected chi connectivity index (χ3v) is 3.81. The van der Waals surface area contributed by atoms with Crippen LogP contribution in [0.4, 0.5) is 0 Å². The molecule has 6 nitrogen and oxygen atoms in total. The van der Waals surface area contributed by atoms with Gasteiger partial charge in [0.25, 0.3) is 0 Å². The Hall–Kier alpha value is -2.86. The number of rotatable bonds is 8. The third-order valence-electron chi connectivity index (χ3n) is 3.56. The van der Waals surface area contributed by atoms with E-state index in [1.165, 1.54) is 0 Å². The van der Waals surface area contributed by atoms with Gasteiger partial charge in [-0.1, -0.05) is 29.8 Å². The standard InChI is InChI=1S/C19H18ClN3O3/c20-15-6-8-16(9-7-15)25-13-12-21-17(24)10-11-18-22-23-19(26-18)14-4-2-1-3-5-14/h1-9H,10-13H2,(H,21,24). The van der Waals surface area contributed by atoms with Crippen molar-refractivity contribution in [2.24, 2.45) is 0 Å². The van der Waals surface area contributed by atoms with Crippen molar-refractivity contribution in [2.45, 2.75) is 12.8 Å². The van der Waals surface area contributed by atoms with Gasteiger partial charge in [0.15, 0.2) is 0 Å². The van der Waals surface area contributed by atoms with E-state index in [0.717, 1.165) is 5.56 Å². The molecule has 1 heterocycles. The van der Waals surface area contributed by atoms with E-state index in [0.29, 0.717) is 42.1 Å². The summed E-state index contributed by atoms with van der Waals surface area (Å²) in [5.74, 6) is 1.51. The molecular weight excluding hydrogens is 354 g/mol. The number of aryl methyl sites for hydroxylation is 1. The van der Waals surface area contributed by atoms with E-state index >= 15 is 0 Å². The second-order valence-corrected chi connectivity index (χ2v) is 5.96. The highest BCUT2D eigenvalue weighted by atomic mass is 35.5. The van der Waals surface area contributed by atoms with Crippen molar-refractivity contribution in [2.75, 3.05) is 13.2 Å². The first kappa shape index (κ1) is 17.9. The number of carbonyl (C=O) groups is 1. The largest absolute Gasteiger partial charge is 0.492 e. The van der Waals surface area contributed by atoms with Crippen LogP contribution in [0.15, 0.2) is 59.0 Å². The van der Waals surface area contributed by atoms with E-state index in [4.69, 9.17) is 20.8 Å². The third kappa shape index (κ3) is 5.32. The number of hydrogen-bond donors (Lipinski definition) is 1. The molecule has 0 saturated heterocycles. The van der Waals surface area contributed by atoms with Gasteiger partial charge in [-0.2, -0.15) is 0 Å². The summed E-state index contributed by atoms with van der Waals surface area (Å²) >= 11 is 5.81. The smallest absolute Gasteiger partial charge is 0.247 e. The monoisotopic (exact) mass is 371 g/mol. The number of benzene rings is 2. The van der Waals surface area contributed by atoms with Gasteiger partial charge in [-0.15, -0.1) is 10.2 Å². The number of ether oxygens (including phenoxy) is 1. The van der Waals surface area contributed by atoms with Crippen LogP contribution < -0.4 is 10.1 Å². The maximum atomic E-state index is 11.9. The van der Waals surface area contributed by atoms with Crippen LogP contribution in [0.3, 0.4) is 0 Å². The summed E-state index contributed by atoms with van der Waals surface area (Å²) in [6.07, 6.45) is 0.668. The number of hydrogen-bond acceptors (Lipinski definition) is 5. The number of nitrogens with zero attached hydrogens (tertiary/aromatic N) is 2. The SMILES string of the molecule is O=C(CCc1nnc(-c2ccccc2)o1)NCCOc1ccc(Cl)cc1. The average molecular weight is 372 g/mol.